The monoisotopic (exact) mass is 427 g/mol. The third-order valence-electron chi connectivity index (χ3n) is 5.21. The van der Waals surface area contributed by atoms with Crippen LogP contribution in [0, 0.1) is 0 Å². The van der Waals surface area contributed by atoms with Crippen molar-refractivity contribution in [3.8, 4) is 11.5 Å². The number of anilines is 1. The minimum atomic E-state index is -2.94. The Balaban J connectivity index is 1.46. The minimum absolute atomic E-state index is 0.0640. The number of fused-ring (bicyclic) bond motifs is 3. The lowest BCUT2D eigenvalue weighted by Gasteiger charge is -2.10. The van der Waals surface area contributed by atoms with E-state index in [9.17, 15) is 13.6 Å². The Bertz CT molecular complexity index is 1120. The molecule has 3 aromatic rings. The molecule has 0 unspecified atom stereocenters. The second-order valence-corrected chi connectivity index (χ2v) is 7.31. The number of halogens is 2. The van der Waals surface area contributed by atoms with E-state index in [1.54, 1.807) is 12.1 Å². The maximum Gasteiger partial charge on any atom is 0.387 e. The van der Waals surface area contributed by atoms with Gasteiger partial charge in [-0.3, -0.25) is 4.79 Å². The highest BCUT2D eigenvalue weighted by Gasteiger charge is 2.14. The molecule has 2 heterocycles. The van der Waals surface area contributed by atoms with E-state index < -0.39 is 6.61 Å². The lowest BCUT2D eigenvalue weighted by atomic mass is 10.2. The van der Waals surface area contributed by atoms with Crippen LogP contribution in [0.15, 0.2) is 42.5 Å². The number of carbonyl (C=O) groups excluding carboxylic acids is 1. The van der Waals surface area contributed by atoms with Crippen molar-refractivity contribution in [3.05, 3.63) is 53.9 Å². The molecule has 6 nitrogen and oxygen atoms in total. The molecule has 0 atom stereocenters. The van der Waals surface area contributed by atoms with Crippen LogP contribution in [0.2, 0.25) is 0 Å². The Labute approximate surface area is 178 Å². The van der Waals surface area contributed by atoms with E-state index in [2.05, 4.69) is 14.6 Å². The van der Waals surface area contributed by atoms with Crippen LogP contribution in [0.1, 0.15) is 30.7 Å². The molecule has 1 aromatic heterocycles. The molecule has 0 aliphatic carbocycles. The van der Waals surface area contributed by atoms with E-state index in [4.69, 9.17) is 9.72 Å². The van der Waals surface area contributed by atoms with Gasteiger partial charge < -0.3 is 19.4 Å². The zero-order valence-corrected chi connectivity index (χ0v) is 17.1. The van der Waals surface area contributed by atoms with Crippen molar-refractivity contribution in [2.45, 2.75) is 38.8 Å². The van der Waals surface area contributed by atoms with Gasteiger partial charge in [-0.15, -0.1) is 0 Å². The van der Waals surface area contributed by atoms with Crippen LogP contribution in [0.3, 0.4) is 0 Å². The van der Waals surface area contributed by atoms with Gasteiger partial charge in [0.25, 0.3) is 0 Å². The molecule has 162 valence electrons. The van der Waals surface area contributed by atoms with Crippen LogP contribution in [0.25, 0.3) is 17.1 Å². The van der Waals surface area contributed by atoms with Crippen LogP contribution in [0.4, 0.5) is 14.5 Å². The van der Waals surface area contributed by atoms with Gasteiger partial charge in [0.05, 0.1) is 18.1 Å². The fourth-order valence-electron chi connectivity index (χ4n) is 3.76. The zero-order valence-electron chi connectivity index (χ0n) is 17.1. The number of methoxy groups -OCH3 is 1. The van der Waals surface area contributed by atoms with Crippen molar-refractivity contribution in [2.75, 3.05) is 12.4 Å². The first kappa shape index (κ1) is 20.8. The number of hydrogen-bond donors (Lipinski definition) is 1. The Morgan fingerprint density at radius 3 is 2.84 bits per heavy atom. The summed E-state index contributed by atoms with van der Waals surface area (Å²) in [5.74, 6) is 0.884. The molecule has 0 fully saturated rings. The van der Waals surface area contributed by atoms with Crippen LogP contribution >= 0.6 is 0 Å². The van der Waals surface area contributed by atoms with Crippen molar-refractivity contribution in [1.82, 2.24) is 9.55 Å². The molecule has 0 saturated carbocycles. The topological polar surface area (TPSA) is 65.4 Å². The van der Waals surface area contributed by atoms with Gasteiger partial charge in [-0.05, 0) is 54.8 Å². The number of rotatable bonds is 6. The summed E-state index contributed by atoms with van der Waals surface area (Å²) < 4.78 is 36.6. The number of aromatic nitrogens is 2. The average molecular weight is 427 g/mol. The van der Waals surface area contributed by atoms with Crippen LogP contribution in [-0.4, -0.2) is 29.2 Å². The summed E-state index contributed by atoms with van der Waals surface area (Å²) in [6.45, 7) is -1.96. The number of nitrogens with one attached hydrogen (secondary N) is 1. The second kappa shape index (κ2) is 9.16. The zero-order chi connectivity index (χ0) is 21.8. The summed E-state index contributed by atoms with van der Waals surface area (Å²) in [4.78, 5) is 17.1. The highest BCUT2D eigenvalue weighted by molar-refractivity contribution is 6.02. The molecule has 8 heteroatoms. The number of imidazole rings is 1. The molecule has 0 radical (unpaired) electrons. The normalized spacial score (nSPS) is 13.9. The first-order valence-electron chi connectivity index (χ1n) is 10.1. The van der Waals surface area contributed by atoms with Crippen LogP contribution in [0.5, 0.6) is 11.5 Å². The second-order valence-electron chi connectivity index (χ2n) is 7.31. The van der Waals surface area contributed by atoms with Gasteiger partial charge in [0, 0.05) is 24.7 Å². The maximum atomic E-state index is 12.4. The molecule has 0 bridgehead atoms. The van der Waals surface area contributed by atoms with Crippen molar-refractivity contribution >= 4 is 28.7 Å². The number of alkyl halides is 2. The number of ether oxygens (including phenoxy) is 2. The van der Waals surface area contributed by atoms with Crippen molar-refractivity contribution in [1.29, 1.82) is 0 Å². The quantitative estimate of drug-likeness (QED) is 0.561. The van der Waals surface area contributed by atoms with E-state index in [1.807, 2.05) is 18.2 Å². The third kappa shape index (κ3) is 4.84. The fourth-order valence-corrected chi connectivity index (χ4v) is 3.76. The Morgan fingerprint density at radius 2 is 2.03 bits per heavy atom. The molecule has 0 saturated heterocycles. The standard InChI is InChI=1S/C23H23F2N3O3/c1-30-20-13-15(6-10-19(20)31-23(24)25)7-11-22(29)26-16-8-9-18-17(14-16)27-21-5-3-2-4-12-28(18)21/h6-11,13-14,23H,2-5,12H2,1H3,(H,26,29)/b11-7+. The molecule has 1 amide bonds. The molecule has 0 spiro atoms. The molecule has 2 aromatic carbocycles. The van der Waals surface area contributed by atoms with E-state index in [1.165, 1.54) is 31.7 Å². The van der Waals surface area contributed by atoms with Gasteiger partial charge in [-0.25, -0.2) is 4.98 Å². The van der Waals surface area contributed by atoms with E-state index >= 15 is 0 Å². The highest BCUT2D eigenvalue weighted by atomic mass is 19.3. The molecular formula is C23H23F2N3O3. The van der Waals surface area contributed by atoms with Gasteiger partial charge in [-0.2, -0.15) is 8.78 Å². The number of nitrogens with zero attached hydrogens (tertiary/aromatic N) is 2. The SMILES string of the molecule is COc1cc(/C=C/C(=O)Nc2ccc3c(c2)nc2n3CCCCC2)ccc1OC(F)F. The highest BCUT2D eigenvalue weighted by Crippen LogP contribution is 2.30. The van der Waals surface area contributed by atoms with Gasteiger partial charge >= 0.3 is 6.61 Å². The molecule has 1 aliphatic heterocycles. The van der Waals surface area contributed by atoms with E-state index in [0.29, 0.717) is 11.3 Å². The minimum Gasteiger partial charge on any atom is -0.493 e. The average Bonchev–Trinajstić information content (AvgIpc) is 2.92. The number of aryl methyl sites for hydroxylation is 2. The fraction of sp³-hybridized carbons (Fsp3) is 0.304. The summed E-state index contributed by atoms with van der Waals surface area (Å²) in [7, 11) is 1.36. The van der Waals surface area contributed by atoms with E-state index in [0.717, 1.165) is 42.7 Å². The van der Waals surface area contributed by atoms with Gasteiger partial charge in [0.1, 0.15) is 5.82 Å². The van der Waals surface area contributed by atoms with Gasteiger partial charge in [0.15, 0.2) is 11.5 Å². The lowest BCUT2D eigenvalue weighted by molar-refractivity contribution is -0.111. The summed E-state index contributed by atoms with van der Waals surface area (Å²) in [6.07, 6.45) is 7.44. The predicted octanol–water partition coefficient (Wildman–Crippen LogP) is 5.02. The van der Waals surface area contributed by atoms with Crippen molar-refractivity contribution in [2.24, 2.45) is 0 Å². The number of benzene rings is 2. The number of amides is 1. The van der Waals surface area contributed by atoms with Crippen molar-refractivity contribution in [3.63, 3.8) is 0 Å². The van der Waals surface area contributed by atoms with Gasteiger partial charge in [-0.1, -0.05) is 12.5 Å². The Morgan fingerprint density at radius 1 is 1.16 bits per heavy atom. The summed E-state index contributed by atoms with van der Waals surface area (Å²) in [5.41, 5.74) is 3.23. The van der Waals surface area contributed by atoms with Gasteiger partial charge in [0.2, 0.25) is 5.91 Å². The Kier molecular flexibility index (Phi) is 6.16. The lowest BCUT2D eigenvalue weighted by Crippen LogP contribution is -2.07. The summed E-state index contributed by atoms with van der Waals surface area (Å²) in [5, 5.41) is 2.83. The van der Waals surface area contributed by atoms with Crippen LogP contribution in [-0.2, 0) is 17.8 Å². The first-order valence-corrected chi connectivity index (χ1v) is 10.1. The van der Waals surface area contributed by atoms with E-state index in [-0.39, 0.29) is 17.4 Å². The smallest absolute Gasteiger partial charge is 0.387 e. The third-order valence-corrected chi connectivity index (χ3v) is 5.21. The predicted molar refractivity (Wildman–Crippen MR) is 115 cm³/mol. The largest absolute Gasteiger partial charge is 0.493 e. The number of hydrogen-bond acceptors (Lipinski definition) is 4. The summed E-state index contributed by atoms with van der Waals surface area (Å²) >= 11 is 0. The number of carbonyl (C=O) groups is 1. The molecule has 4 rings (SSSR count). The molecule has 1 N–H and O–H groups in total. The molecule has 31 heavy (non-hydrogen) atoms. The Hall–Kier alpha value is -3.42. The molecular weight excluding hydrogens is 404 g/mol. The molecule has 1 aliphatic rings. The van der Waals surface area contributed by atoms with Crippen molar-refractivity contribution < 1.29 is 23.0 Å². The maximum absolute atomic E-state index is 12.4. The first-order chi connectivity index (χ1) is 15.0. The summed E-state index contributed by atoms with van der Waals surface area (Å²) in [6, 6.07) is 10.2. The van der Waals surface area contributed by atoms with Crippen LogP contribution < -0.4 is 14.8 Å².